The molecule has 0 spiro atoms. The average molecular weight is 144 g/mol. The van der Waals surface area contributed by atoms with Crippen molar-refractivity contribution in [3.05, 3.63) is 0 Å². The first-order chi connectivity index (χ1) is 4.21. The van der Waals surface area contributed by atoms with Gasteiger partial charge in [0.25, 0.3) is 0 Å². The molecule has 4 N–H and O–H groups in total. The van der Waals surface area contributed by atoms with E-state index in [1.54, 1.807) is 0 Å². The molecule has 0 aromatic carbocycles. The summed E-state index contributed by atoms with van der Waals surface area (Å²) in [6.07, 6.45) is 1.97. The summed E-state index contributed by atoms with van der Waals surface area (Å²) in [5, 5.41) is 0. The molecule has 2 nitrogen and oxygen atoms in total. The van der Waals surface area contributed by atoms with Crippen LogP contribution in [-0.4, -0.2) is 11.1 Å². The predicted octanol–water partition coefficient (Wildman–Crippen LogP) is 1.24. The zero-order valence-corrected chi connectivity index (χ0v) is 7.57. The van der Waals surface area contributed by atoms with E-state index in [4.69, 9.17) is 11.5 Å². The second-order valence-electron chi connectivity index (χ2n) is 4.48. The summed E-state index contributed by atoms with van der Waals surface area (Å²) >= 11 is 0. The van der Waals surface area contributed by atoms with Crippen LogP contribution in [0.1, 0.15) is 40.5 Å². The Labute approximate surface area is 64.0 Å². The molecule has 0 amide bonds. The molecular weight excluding hydrogens is 124 g/mol. The molecule has 0 fully saturated rings. The Kier molecular flexibility index (Phi) is 2.86. The van der Waals surface area contributed by atoms with Gasteiger partial charge in [-0.25, -0.2) is 0 Å². The first-order valence-corrected chi connectivity index (χ1v) is 3.78. The molecule has 0 atom stereocenters. The van der Waals surface area contributed by atoms with Gasteiger partial charge in [-0.15, -0.1) is 0 Å². The highest BCUT2D eigenvalue weighted by Crippen LogP contribution is 2.14. The van der Waals surface area contributed by atoms with Crippen LogP contribution in [0.5, 0.6) is 0 Å². The van der Waals surface area contributed by atoms with Crippen LogP contribution in [-0.2, 0) is 0 Å². The minimum atomic E-state index is -0.0728. The highest BCUT2D eigenvalue weighted by Gasteiger charge is 2.16. The minimum absolute atomic E-state index is 0.0728. The lowest BCUT2D eigenvalue weighted by molar-refractivity contribution is 0.376. The van der Waals surface area contributed by atoms with Gasteiger partial charge in [-0.2, -0.15) is 0 Å². The Hall–Kier alpha value is -0.0800. The van der Waals surface area contributed by atoms with Gasteiger partial charge in [0.15, 0.2) is 0 Å². The monoisotopic (exact) mass is 144 g/mol. The van der Waals surface area contributed by atoms with Crippen LogP contribution < -0.4 is 11.5 Å². The van der Waals surface area contributed by atoms with E-state index in [-0.39, 0.29) is 11.1 Å². The van der Waals surface area contributed by atoms with Crippen molar-refractivity contribution in [3.8, 4) is 0 Å². The molecule has 10 heavy (non-hydrogen) atoms. The van der Waals surface area contributed by atoms with E-state index in [0.29, 0.717) is 0 Å². The van der Waals surface area contributed by atoms with Gasteiger partial charge < -0.3 is 11.5 Å². The topological polar surface area (TPSA) is 52.0 Å². The molecule has 0 bridgehead atoms. The molecule has 0 saturated carbocycles. The molecule has 2 heteroatoms. The number of hydrogen-bond donors (Lipinski definition) is 2. The van der Waals surface area contributed by atoms with E-state index in [9.17, 15) is 0 Å². The molecule has 62 valence electrons. The van der Waals surface area contributed by atoms with E-state index in [1.165, 1.54) is 0 Å². The van der Waals surface area contributed by atoms with Crippen LogP contribution in [0, 0.1) is 0 Å². The molecule has 0 aromatic rings. The Morgan fingerprint density at radius 3 is 1.10 bits per heavy atom. The lowest BCUT2D eigenvalue weighted by Crippen LogP contribution is -2.38. The third-order valence-corrected chi connectivity index (χ3v) is 1.41. The standard InChI is InChI=1S/C8H20N2/c1-7(2,9)5-6-8(3,4)10/h5-6,9-10H2,1-4H3. The Bertz CT molecular complexity index is 80.8. The highest BCUT2D eigenvalue weighted by molar-refractivity contribution is 4.79. The molecule has 0 aromatic heterocycles. The van der Waals surface area contributed by atoms with Gasteiger partial charge in [-0.3, -0.25) is 0 Å². The number of rotatable bonds is 3. The van der Waals surface area contributed by atoms with Crippen molar-refractivity contribution in [2.24, 2.45) is 11.5 Å². The van der Waals surface area contributed by atoms with Gasteiger partial charge in [0.2, 0.25) is 0 Å². The summed E-state index contributed by atoms with van der Waals surface area (Å²) in [5.74, 6) is 0. The van der Waals surface area contributed by atoms with E-state index in [2.05, 4.69) is 0 Å². The summed E-state index contributed by atoms with van der Waals surface area (Å²) in [6.45, 7) is 8.11. The van der Waals surface area contributed by atoms with Gasteiger partial charge in [0.1, 0.15) is 0 Å². The largest absolute Gasteiger partial charge is 0.326 e. The summed E-state index contributed by atoms with van der Waals surface area (Å²) in [6, 6.07) is 0. The Morgan fingerprint density at radius 2 is 1.00 bits per heavy atom. The van der Waals surface area contributed by atoms with Crippen molar-refractivity contribution in [2.75, 3.05) is 0 Å². The van der Waals surface area contributed by atoms with Crippen LogP contribution in [0.3, 0.4) is 0 Å². The lowest BCUT2D eigenvalue weighted by Gasteiger charge is -2.24. The van der Waals surface area contributed by atoms with Crippen LogP contribution in [0.4, 0.5) is 0 Å². The maximum absolute atomic E-state index is 5.79. The highest BCUT2D eigenvalue weighted by atomic mass is 14.7. The van der Waals surface area contributed by atoms with Crippen molar-refractivity contribution in [1.82, 2.24) is 0 Å². The summed E-state index contributed by atoms with van der Waals surface area (Å²) in [7, 11) is 0. The number of nitrogens with two attached hydrogens (primary N) is 2. The van der Waals surface area contributed by atoms with Crippen LogP contribution in [0.25, 0.3) is 0 Å². The van der Waals surface area contributed by atoms with Crippen molar-refractivity contribution < 1.29 is 0 Å². The molecule has 0 aliphatic rings. The third-order valence-electron chi connectivity index (χ3n) is 1.41. The minimum Gasteiger partial charge on any atom is -0.326 e. The maximum Gasteiger partial charge on any atom is 0.00977 e. The van der Waals surface area contributed by atoms with Gasteiger partial charge in [-0.1, -0.05) is 0 Å². The quantitative estimate of drug-likeness (QED) is 0.626. The normalized spacial score (nSPS) is 13.8. The summed E-state index contributed by atoms with van der Waals surface area (Å²) < 4.78 is 0. The van der Waals surface area contributed by atoms with Crippen LogP contribution in [0.2, 0.25) is 0 Å². The first-order valence-electron chi connectivity index (χ1n) is 3.78. The summed E-state index contributed by atoms with van der Waals surface area (Å²) in [4.78, 5) is 0. The number of hydrogen-bond acceptors (Lipinski definition) is 2. The predicted molar refractivity (Wildman–Crippen MR) is 45.8 cm³/mol. The van der Waals surface area contributed by atoms with Crippen molar-refractivity contribution >= 4 is 0 Å². The van der Waals surface area contributed by atoms with Crippen LogP contribution in [0.15, 0.2) is 0 Å². The van der Waals surface area contributed by atoms with E-state index < -0.39 is 0 Å². The molecule has 0 heterocycles. The van der Waals surface area contributed by atoms with Crippen LogP contribution >= 0.6 is 0 Å². The van der Waals surface area contributed by atoms with E-state index >= 15 is 0 Å². The van der Waals surface area contributed by atoms with Crippen molar-refractivity contribution in [1.29, 1.82) is 0 Å². The smallest absolute Gasteiger partial charge is 0.00977 e. The molecule has 0 aliphatic heterocycles. The van der Waals surface area contributed by atoms with E-state index in [0.717, 1.165) is 12.8 Å². The second kappa shape index (κ2) is 2.89. The molecular formula is C8H20N2. The van der Waals surface area contributed by atoms with Crippen molar-refractivity contribution in [3.63, 3.8) is 0 Å². The fourth-order valence-corrected chi connectivity index (χ4v) is 0.644. The Balaban J connectivity index is 3.56. The fourth-order valence-electron chi connectivity index (χ4n) is 0.644. The molecule has 0 aliphatic carbocycles. The van der Waals surface area contributed by atoms with E-state index in [1.807, 2.05) is 27.7 Å². The maximum atomic E-state index is 5.79. The zero-order chi connectivity index (χ0) is 8.41. The lowest BCUT2D eigenvalue weighted by atomic mass is 9.91. The first kappa shape index (κ1) is 9.92. The molecule has 0 rings (SSSR count). The Morgan fingerprint density at radius 1 is 0.800 bits per heavy atom. The third kappa shape index (κ3) is 7.92. The van der Waals surface area contributed by atoms with Gasteiger partial charge in [-0.05, 0) is 40.5 Å². The van der Waals surface area contributed by atoms with Gasteiger partial charge in [0, 0.05) is 11.1 Å². The zero-order valence-electron chi connectivity index (χ0n) is 7.57. The van der Waals surface area contributed by atoms with Gasteiger partial charge >= 0.3 is 0 Å². The fraction of sp³-hybridized carbons (Fsp3) is 1.00. The molecule has 0 radical (unpaired) electrons. The molecule has 0 saturated heterocycles. The second-order valence-corrected chi connectivity index (χ2v) is 4.48. The average Bonchev–Trinajstić information content (AvgIpc) is 1.57. The van der Waals surface area contributed by atoms with Gasteiger partial charge in [0.05, 0.1) is 0 Å². The SMILES string of the molecule is CC(C)(N)CCC(C)(C)N. The molecule has 0 unspecified atom stereocenters. The van der Waals surface area contributed by atoms with Crippen molar-refractivity contribution in [2.45, 2.75) is 51.6 Å². The summed E-state index contributed by atoms with van der Waals surface area (Å²) in [5.41, 5.74) is 11.4.